The van der Waals surface area contributed by atoms with Crippen LogP contribution < -0.4 is 16.2 Å². The number of cyclic esters (lactones) is 1. The molecule has 196 valence electrons. The molecule has 4 heterocycles. The molecule has 0 saturated carbocycles. The molecule has 2 aromatic heterocycles. The van der Waals surface area contributed by atoms with Crippen LogP contribution >= 0.6 is 0 Å². The number of aromatic nitrogens is 2. The van der Waals surface area contributed by atoms with E-state index >= 15 is 0 Å². The van der Waals surface area contributed by atoms with Gasteiger partial charge in [0.25, 0.3) is 5.56 Å². The fourth-order valence-corrected chi connectivity index (χ4v) is 5.00. The molecule has 38 heavy (non-hydrogen) atoms. The number of benzene rings is 1. The van der Waals surface area contributed by atoms with Crippen molar-refractivity contribution < 1.29 is 28.7 Å². The second-order valence-electron chi connectivity index (χ2n) is 9.37. The van der Waals surface area contributed by atoms with E-state index in [-0.39, 0.29) is 29.7 Å². The zero-order chi connectivity index (χ0) is 27.2. The lowest BCUT2D eigenvalue weighted by Crippen LogP contribution is -2.50. The summed E-state index contributed by atoms with van der Waals surface area (Å²) in [6, 6.07) is 10.4. The zero-order valence-corrected chi connectivity index (χ0v) is 21.1. The Morgan fingerprint density at radius 3 is 2.71 bits per heavy atom. The predicted octanol–water partition coefficient (Wildman–Crippen LogP) is 1.27. The van der Waals surface area contributed by atoms with Crippen LogP contribution in [0.25, 0.3) is 22.3 Å². The number of ether oxygens (including phenoxy) is 2. The summed E-state index contributed by atoms with van der Waals surface area (Å²) in [7, 11) is 0. The molecule has 0 radical (unpaired) electrons. The van der Waals surface area contributed by atoms with E-state index in [0.29, 0.717) is 17.9 Å². The third-order valence-electron chi connectivity index (χ3n) is 6.89. The maximum Gasteiger partial charge on any atom is 0.355 e. The quantitative estimate of drug-likeness (QED) is 0.363. The lowest BCUT2D eigenvalue weighted by atomic mass is 9.85. The van der Waals surface area contributed by atoms with Crippen molar-refractivity contribution in [2.75, 3.05) is 6.54 Å². The van der Waals surface area contributed by atoms with E-state index in [2.05, 4.69) is 10.6 Å². The van der Waals surface area contributed by atoms with Gasteiger partial charge in [-0.15, -0.1) is 0 Å². The van der Waals surface area contributed by atoms with Crippen molar-refractivity contribution in [2.24, 2.45) is 0 Å². The van der Waals surface area contributed by atoms with Gasteiger partial charge in [-0.1, -0.05) is 25.1 Å². The van der Waals surface area contributed by atoms with Crippen LogP contribution in [0, 0.1) is 0 Å². The lowest BCUT2D eigenvalue weighted by molar-refractivity contribution is -0.189. The summed E-state index contributed by atoms with van der Waals surface area (Å²) >= 11 is 0. The molecule has 5 rings (SSSR count). The number of amides is 2. The number of carbonyl (C=O) groups excluding carboxylic acids is 4. The minimum Gasteiger partial charge on any atom is -0.457 e. The Hall–Kier alpha value is -4.54. The molecule has 3 aromatic rings. The van der Waals surface area contributed by atoms with Gasteiger partial charge < -0.3 is 24.7 Å². The first kappa shape index (κ1) is 25.1. The fourth-order valence-electron chi connectivity index (χ4n) is 5.00. The van der Waals surface area contributed by atoms with Crippen molar-refractivity contribution in [3.63, 3.8) is 0 Å². The van der Waals surface area contributed by atoms with E-state index in [9.17, 15) is 24.0 Å². The van der Waals surface area contributed by atoms with E-state index in [1.807, 2.05) is 30.3 Å². The Balaban J connectivity index is 1.50. The van der Waals surface area contributed by atoms with Gasteiger partial charge in [-0.3, -0.25) is 19.2 Å². The van der Waals surface area contributed by atoms with Gasteiger partial charge >= 0.3 is 11.9 Å². The molecule has 1 aromatic carbocycles. The van der Waals surface area contributed by atoms with Crippen LogP contribution in [0.2, 0.25) is 0 Å². The van der Waals surface area contributed by atoms with Crippen LogP contribution in [0.1, 0.15) is 43.9 Å². The molecule has 11 heteroatoms. The maximum absolute atomic E-state index is 13.6. The first-order chi connectivity index (χ1) is 18.1. The van der Waals surface area contributed by atoms with Gasteiger partial charge in [0.1, 0.15) is 19.2 Å². The van der Waals surface area contributed by atoms with Gasteiger partial charge in [-0.05, 0) is 31.5 Å². The summed E-state index contributed by atoms with van der Waals surface area (Å²) in [6.07, 6.45) is 0.00170. The average molecular weight is 519 g/mol. The molecule has 2 atom stereocenters. The lowest BCUT2D eigenvalue weighted by Gasteiger charge is -2.35. The Morgan fingerprint density at radius 1 is 1.21 bits per heavy atom. The SMILES string of the molecule is CC[C@@]1(OC(=O)CNC(=O)[C@H](C)NC(C)=O)C(=O)OCc2c1cc1n(c2=O)Cc2cc3ccccc3nc2-1. The van der Waals surface area contributed by atoms with Crippen LogP contribution in [0.4, 0.5) is 0 Å². The highest BCUT2D eigenvalue weighted by Crippen LogP contribution is 2.40. The van der Waals surface area contributed by atoms with Gasteiger partial charge in [0.2, 0.25) is 17.4 Å². The molecule has 2 N–H and O–H groups in total. The predicted molar refractivity (Wildman–Crippen MR) is 135 cm³/mol. The molecule has 0 unspecified atom stereocenters. The highest BCUT2D eigenvalue weighted by atomic mass is 16.6. The van der Waals surface area contributed by atoms with E-state index in [0.717, 1.165) is 16.5 Å². The maximum atomic E-state index is 13.6. The summed E-state index contributed by atoms with van der Waals surface area (Å²) in [6.45, 7) is 3.90. The van der Waals surface area contributed by atoms with Crippen molar-refractivity contribution in [3.05, 3.63) is 63.4 Å². The number of nitrogens with one attached hydrogen (secondary N) is 2. The van der Waals surface area contributed by atoms with Crippen molar-refractivity contribution in [3.8, 4) is 11.4 Å². The smallest absolute Gasteiger partial charge is 0.355 e. The van der Waals surface area contributed by atoms with Gasteiger partial charge in [-0.2, -0.15) is 0 Å². The number of carbonyl (C=O) groups is 4. The molecular weight excluding hydrogens is 492 g/mol. The second-order valence-corrected chi connectivity index (χ2v) is 9.37. The number of fused-ring (bicyclic) bond motifs is 5. The van der Waals surface area contributed by atoms with E-state index in [1.54, 1.807) is 17.6 Å². The third kappa shape index (κ3) is 4.09. The highest BCUT2D eigenvalue weighted by molar-refractivity contribution is 5.91. The largest absolute Gasteiger partial charge is 0.457 e. The molecule has 0 spiro atoms. The summed E-state index contributed by atoms with van der Waals surface area (Å²) in [5.74, 6) is -2.69. The zero-order valence-electron chi connectivity index (χ0n) is 21.1. The minimum absolute atomic E-state index is 0.00170. The van der Waals surface area contributed by atoms with Crippen molar-refractivity contribution in [2.45, 2.75) is 52.0 Å². The van der Waals surface area contributed by atoms with Crippen LogP contribution in [-0.4, -0.2) is 45.9 Å². The number of pyridine rings is 2. The summed E-state index contributed by atoms with van der Waals surface area (Å²) in [4.78, 5) is 67.6. The fraction of sp³-hybridized carbons (Fsp3) is 0.333. The average Bonchev–Trinajstić information content (AvgIpc) is 3.25. The summed E-state index contributed by atoms with van der Waals surface area (Å²) in [5.41, 5.74) is 1.04. The van der Waals surface area contributed by atoms with Crippen LogP contribution in [-0.2, 0) is 47.4 Å². The normalized spacial score (nSPS) is 18.0. The Kier molecular flexibility index (Phi) is 6.22. The van der Waals surface area contributed by atoms with Gasteiger partial charge in [-0.25, -0.2) is 9.78 Å². The summed E-state index contributed by atoms with van der Waals surface area (Å²) < 4.78 is 12.6. The molecule has 11 nitrogen and oxygen atoms in total. The number of rotatable bonds is 6. The molecule has 0 fully saturated rings. The van der Waals surface area contributed by atoms with Crippen molar-refractivity contribution in [1.29, 1.82) is 0 Å². The van der Waals surface area contributed by atoms with Crippen LogP contribution in [0.3, 0.4) is 0 Å². The standard InChI is InChI=1S/C27H26N4O7/c1-4-27(38-22(33)11-28-24(34)14(2)29-15(3)32)19-10-21-23-17(9-16-7-5-6-8-20(16)30-23)12-31(21)25(35)18(19)13-37-26(27)36/h5-10,14H,4,11-13H2,1-3H3,(H,28,34)(H,29,32)/t14-,27-/m0/s1. The van der Waals surface area contributed by atoms with Gasteiger partial charge in [0.05, 0.1) is 29.0 Å². The number of hydrogen-bond donors (Lipinski definition) is 2. The molecule has 0 aliphatic carbocycles. The summed E-state index contributed by atoms with van der Waals surface area (Å²) in [5, 5.41) is 5.75. The molecule has 0 bridgehead atoms. The number of esters is 2. The van der Waals surface area contributed by atoms with Crippen LogP contribution in [0.5, 0.6) is 0 Å². The number of nitrogens with zero attached hydrogens (tertiary/aromatic N) is 2. The molecule has 2 amide bonds. The topological polar surface area (TPSA) is 146 Å². The van der Waals surface area contributed by atoms with E-state index in [1.165, 1.54) is 13.8 Å². The first-order valence-electron chi connectivity index (χ1n) is 12.2. The molecular formula is C27H26N4O7. The Bertz CT molecular complexity index is 1580. The number of para-hydroxylation sites is 1. The van der Waals surface area contributed by atoms with E-state index in [4.69, 9.17) is 14.5 Å². The second kappa shape index (κ2) is 9.40. The van der Waals surface area contributed by atoms with Gasteiger partial charge in [0, 0.05) is 23.4 Å². The first-order valence-corrected chi connectivity index (χ1v) is 12.2. The van der Waals surface area contributed by atoms with Crippen molar-refractivity contribution >= 4 is 34.7 Å². The highest BCUT2D eigenvalue weighted by Gasteiger charge is 2.50. The monoisotopic (exact) mass is 518 g/mol. The minimum atomic E-state index is -1.87. The number of hydrogen-bond acceptors (Lipinski definition) is 8. The van der Waals surface area contributed by atoms with Gasteiger partial charge in [0.15, 0.2) is 0 Å². The molecule has 0 saturated heterocycles. The van der Waals surface area contributed by atoms with E-state index < -0.39 is 41.9 Å². The molecule has 2 aliphatic rings. The Labute approximate surface area is 217 Å². The Morgan fingerprint density at radius 2 is 1.97 bits per heavy atom. The third-order valence-corrected chi connectivity index (χ3v) is 6.89. The molecule has 2 aliphatic heterocycles. The van der Waals surface area contributed by atoms with Crippen molar-refractivity contribution in [1.82, 2.24) is 20.2 Å². The van der Waals surface area contributed by atoms with Crippen LogP contribution in [0.15, 0.2) is 41.2 Å².